The molecular formula is C13H19N3O3. The number of carbonyl (C=O) groups is 1. The first-order valence-corrected chi connectivity index (χ1v) is 6.12. The average molecular weight is 265 g/mol. The van der Waals surface area contributed by atoms with Crippen LogP contribution in [-0.2, 0) is 9.47 Å². The number of hydrogen-bond donors (Lipinski definition) is 3. The van der Waals surface area contributed by atoms with Gasteiger partial charge in [0.25, 0.3) is 0 Å². The van der Waals surface area contributed by atoms with Crippen molar-refractivity contribution < 1.29 is 14.3 Å². The maximum atomic E-state index is 11.0. The van der Waals surface area contributed by atoms with Crippen molar-refractivity contribution in [3.63, 3.8) is 0 Å². The van der Waals surface area contributed by atoms with Crippen molar-refractivity contribution in [1.29, 1.82) is 0 Å². The number of ether oxygens (including phenoxy) is 2. The minimum Gasteiger partial charge on any atom is -0.397 e. The van der Waals surface area contributed by atoms with E-state index in [2.05, 4.69) is 5.32 Å². The summed E-state index contributed by atoms with van der Waals surface area (Å²) in [6, 6.07) is 4.95. The average Bonchev–Trinajstić information content (AvgIpc) is 2.86. The summed E-state index contributed by atoms with van der Waals surface area (Å²) in [5, 5.41) is 3.23. The second kappa shape index (κ2) is 5.46. The number of primary amides is 1. The quantitative estimate of drug-likeness (QED) is 0.676. The minimum atomic E-state index is -0.490. The smallest absolute Gasteiger partial charge is 0.248 e. The fraction of sp³-hybridized carbons (Fsp3) is 0.462. The molecule has 0 spiro atoms. The number of hydrogen-bond acceptors (Lipinski definition) is 5. The molecule has 6 nitrogen and oxygen atoms in total. The topological polar surface area (TPSA) is 99.6 Å². The van der Waals surface area contributed by atoms with E-state index in [-0.39, 0.29) is 5.60 Å². The zero-order chi connectivity index (χ0) is 13.9. The zero-order valence-corrected chi connectivity index (χ0v) is 10.9. The van der Waals surface area contributed by atoms with Crippen molar-refractivity contribution in [3.05, 3.63) is 23.8 Å². The van der Waals surface area contributed by atoms with E-state index in [0.29, 0.717) is 31.0 Å². The fourth-order valence-electron chi connectivity index (χ4n) is 2.09. The molecule has 0 bridgehead atoms. The molecule has 1 atom stereocenters. The first-order valence-electron chi connectivity index (χ1n) is 6.12. The number of rotatable bonds is 5. The summed E-state index contributed by atoms with van der Waals surface area (Å²) in [5.41, 5.74) is 12.4. The van der Waals surface area contributed by atoms with Crippen LogP contribution < -0.4 is 16.8 Å². The second-order valence-electron chi connectivity index (χ2n) is 4.71. The van der Waals surface area contributed by atoms with Gasteiger partial charge in [-0.15, -0.1) is 0 Å². The molecule has 2 rings (SSSR count). The molecule has 104 valence electrons. The Balaban J connectivity index is 2.05. The highest BCUT2D eigenvalue weighted by Crippen LogP contribution is 2.25. The number of amides is 1. The minimum absolute atomic E-state index is 0.311. The van der Waals surface area contributed by atoms with Gasteiger partial charge in [0.05, 0.1) is 18.0 Å². The van der Waals surface area contributed by atoms with E-state index in [4.69, 9.17) is 20.9 Å². The highest BCUT2D eigenvalue weighted by Gasteiger charge is 2.34. The molecule has 1 unspecified atom stereocenters. The Hall–Kier alpha value is -1.79. The zero-order valence-electron chi connectivity index (χ0n) is 10.9. The molecule has 0 saturated carbocycles. The van der Waals surface area contributed by atoms with Crippen LogP contribution in [0.25, 0.3) is 0 Å². The maximum absolute atomic E-state index is 11.0. The fourth-order valence-corrected chi connectivity index (χ4v) is 2.09. The van der Waals surface area contributed by atoms with Crippen molar-refractivity contribution in [2.75, 3.05) is 37.9 Å². The Bertz CT molecular complexity index is 470. The SMILES string of the molecule is COC1(CNc2ccc(C(N)=O)cc2N)CCOC1. The van der Waals surface area contributed by atoms with Crippen molar-refractivity contribution in [2.45, 2.75) is 12.0 Å². The number of nitrogens with one attached hydrogen (secondary N) is 1. The summed E-state index contributed by atoms with van der Waals surface area (Å²) in [5.74, 6) is -0.490. The molecule has 1 aromatic rings. The summed E-state index contributed by atoms with van der Waals surface area (Å²) in [6.45, 7) is 1.87. The molecule has 6 heteroatoms. The molecule has 0 aliphatic carbocycles. The molecule has 1 heterocycles. The van der Waals surface area contributed by atoms with Gasteiger partial charge in [0.1, 0.15) is 5.60 Å². The van der Waals surface area contributed by atoms with Crippen LogP contribution in [0.3, 0.4) is 0 Å². The van der Waals surface area contributed by atoms with Crippen LogP contribution in [0.5, 0.6) is 0 Å². The molecule has 1 fully saturated rings. The lowest BCUT2D eigenvalue weighted by Crippen LogP contribution is -2.39. The highest BCUT2D eigenvalue weighted by atomic mass is 16.5. The predicted octanol–water partition coefficient (Wildman–Crippen LogP) is 0.585. The number of methoxy groups -OCH3 is 1. The third-order valence-electron chi connectivity index (χ3n) is 3.44. The van der Waals surface area contributed by atoms with E-state index >= 15 is 0 Å². The highest BCUT2D eigenvalue weighted by molar-refractivity contribution is 5.94. The van der Waals surface area contributed by atoms with Crippen LogP contribution in [0.1, 0.15) is 16.8 Å². The van der Waals surface area contributed by atoms with Gasteiger partial charge in [-0.2, -0.15) is 0 Å². The van der Waals surface area contributed by atoms with Crippen LogP contribution in [0.15, 0.2) is 18.2 Å². The number of carbonyl (C=O) groups excluding carboxylic acids is 1. The third kappa shape index (κ3) is 2.97. The van der Waals surface area contributed by atoms with Gasteiger partial charge in [-0.3, -0.25) is 4.79 Å². The molecule has 1 aliphatic rings. The molecule has 1 aromatic carbocycles. The number of anilines is 2. The van der Waals surface area contributed by atoms with Gasteiger partial charge in [0.15, 0.2) is 0 Å². The summed E-state index contributed by atoms with van der Waals surface area (Å²) in [6.07, 6.45) is 0.843. The van der Waals surface area contributed by atoms with Crippen LogP contribution in [0, 0.1) is 0 Å². The Morgan fingerprint density at radius 3 is 2.89 bits per heavy atom. The van der Waals surface area contributed by atoms with E-state index in [1.54, 1.807) is 25.3 Å². The molecule has 1 amide bonds. The van der Waals surface area contributed by atoms with Crippen molar-refractivity contribution in [3.8, 4) is 0 Å². The number of nitrogen functional groups attached to an aromatic ring is 1. The van der Waals surface area contributed by atoms with Gasteiger partial charge in [-0.05, 0) is 18.2 Å². The van der Waals surface area contributed by atoms with Crippen LogP contribution in [0.4, 0.5) is 11.4 Å². The molecule has 1 saturated heterocycles. The van der Waals surface area contributed by atoms with Crippen LogP contribution >= 0.6 is 0 Å². The van der Waals surface area contributed by atoms with Gasteiger partial charge in [-0.1, -0.05) is 0 Å². The first kappa shape index (κ1) is 13.6. The molecule has 5 N–H and O–H groups in total. The van der Waals surface area contributed by atoms with E-state index < -0.39 is 5.91 Å². The van der Waals surface area contributed by atoms with Crippen molar-refractivity contribution in [1.82, 2.24) is 0 Å². The number of benzene rings is 1. The molecule has 0 aromatic heterocycles. The Morgan fingerprint density at radius 2 is 2.37 bits per heavy atom. The van der Waals surface area contributed by atoms with Crippen LogP contribution in [-0.4, -0.2) is 38.4 Å². The lowest BCUT2D eigenvalue weighted by atomic mass is 10.0. The van der Waals surface area contributed by atoms with E-state index in [1.165, 1.54) is 0 Å². The van der Waals surface area contributed by atoms with Gasteiger partial charge >= 0.3 is 0 Å². The first-order chi connectivity index (χ1) is 9.06. The summed E-state index contributed by atoms with van der Waals surface area (Å²) < 4.78 is 10.9. The number of nitrogens with two attached hydrogens (primary N) is 2. The third-order valence-corrected chi connectivity index (χ3v) is 3.44. The van der Waals surface area contributed by atoms with Gasteiger partial charge in [0, 0.05) is 32.2 Å². The summed E-state index contributed by atoms with van der Waals surface area (Å²) in [4.78, 5) is 11.0. The Kier molecular flexibility index (Phi) is 3.92. The predicted molar refractivity (Wildman–Crippen MR) is 73.0 cm³/mol. The van der Waals surface area contributed by atoms with E-state index in [0.717, 1.165) is 12.1 Å². The maximum Gasteiger partial charge on any atom is 0.248 e. The molecule has 19 heavy (non-hydrogen) atoms. The van der Waals surface area contributed by atoms with Crippen molar-refractivity contribution >= 4 is 17.3 Å². The second-order valence-corrected chi connectivity index (χ2v) is 4.71. The largest absolute Gasteiger partial charge is 0.397 e. The van der Waals surface area contributed by atoms with Gasteiger partial charge in [0.2, 0.25) is 5.91 Å². The van der Waals surface area contributed by atoms with E-state index in [9.17, 15) is 4.79 Å². The Labute approximate surface area is 112 Å². The van der Waals surface area contributed by atoms with E-state index in [1.807, 2.05) is 0 Å². The Morgan fingerprint density at radius 1 is 1.58 bits per heavy atom. The molecule has 0 radical (unpaired) electrons. The standard InChI is InChI=1S/C13H19N3O3/c1-18-13(4-5-19-8-13)7-16-11-3-2-9(12(15)17)6-10(11)14/h2-3,6,16H,4-5,7-8,14H2,1H3,(H2,15,17). The normalized spacial score (nSPS) is 22.4. The lowest BCUT2D eigenvalue weighted by Gasteiger charge is -2.26. The monoisotopic (exact) mass is 265 g/mol. The van der Waals surface area contributed by atoms with Crippen LogP contribution in [0.2, 0.25) is 0 Å². The van der Waals surface area contributed by atoms with Gasteiger partial charge in [-0.25, -0.2) is 0 Å². The summed E-state index contributed by atoms with van der Waals surface area (Å²) in [7, 11) is 1.68. The van der Waals surface area contributed by atoms with Gasteiger partial charge < -0.3 is 26.3 Å². The van der Waals surface area contributed by atoms with Crippen molar-refractivity contribution in [2.24, 2.45) is 5.73 Å². The molecule has 1 aliphatic heterocycles. The lowest BCUT2D eigenvalue weighted by molar-refractivity contribution is -0.00618. The summed E-state index contributed by atoms with van der Waals surface area (Å²) >= 11 is 0. The molecular weight excluding hydrogens is 246 g/mol.